The predicted molar refractivity (Wildman–Crippen MR) is 66.5 cm³/mol. The van der Waals surface area contributed by atoms with Gasteiger partial charge in [-0.05, 0) is 24.5 Å². The molecule has 1 N–H and O–H groups in total. The molecule has 92 valence electrons. The number of carbonyl (C=O) groups is 1. The molecule has 0 heterocycles. The van der Waals surface area contributed by atoms with Crippen molar-refractivity contribution < 1.29 is 14.6 Å². The van der Waals surface area contributed by atoms with Crippen LogP contribution in [0.5, 0.6) is 0 Å². The molecular weight excluding hydrogens is 216 g/mol. The molecule has 1 rings (SSSR count). The zero-order valence-corrected chi connectivity index (χ0v) is 10.0. The van der Waals surface area contributed by atoms with Crippen LogP contribution in [0.1, 0.15) is 18.9 Å². The van der Waals surface area contributed by atoms with E-state index in [-0.39, 0.29) is 0 Å². The summed E-state index contributed by atoms with van der Waals surface area (Å²) in [5, 5.41) is 9.87. The van der Waals surface area contributed by atoms with E-state index in [1.54, 1.807) is 0 Å². The van der Waals surface area contributed by atoms with Gasteiger partial charge in [-0.25, -0.2) is 0 Å². The molecule has 2 unspecified atom stereocenters. The Morgan fingerprint density at radius 3 is 2.65 bits per heavy atom. The molecule has 0 saturated heterocycles. The Morgan fingerprint density at radius 1 is 1.47 bits per heavy atom. The van der Waals surface area contributed by atoms with Crippen LogP contribution in [0.15, 0.2) is 43.0 Å². The van der Waals surface area contributed by atoms with Gasteiger partial charge in [0.1, 0.15) is 6.10 Å². The fourth-order valence-electron chi connectivity index (χ4n) is 1.60. The van der Waals surface area contributed by atoms with E-state index in [1.165, 1.54) is 13.0 Å². The number of benzene rings is 1. The highest BCUT2D eigenvalue weighted by Crippen LogP contribution is 2.10. The molecule has 0 bridgehead atoms. The van der Waals surface area contributed by atoms with Crippen LogP contribution in [0, 0.1) is 0 Å². The fourth-order valence-corrected chi connectivity index (χ4v) is 1.60. The first-order valence-electron chi connectivity index (χ1n) is 5.65. The Morgan fingerprint density at radius 2 is 2.12 bits per heavy atom. The number of ether oxygens (including phenoxy) is 1. The van der Waals surface area contributed by atoms with E-state index >= 15 is 0 Å². The lowest BCUT2D eigenvalue weighted by atomic mass is 10.0. The van der Waals surface area contributed by atoms with Crippen molar-refractivity contribution in [3.8, 4) is 0 Å². The summed E-state index contributed by atoms with van der Waals surface area (Å²) in [6.07, 6.45) is 1.39. The number of rotatable bonds is 6. The van der Waals surface area contributed by atoms with E-state index in [0.29, 0.717) is 6.42 Å². The minimum absolute atomic E-state index is 0.409. The van der Waals surface area contributed by atoms with Crippen LogP contribution >= 0.6 is 0 Å². The number of carbonyl (C=O) groups excluding carboxylic acids is 1. The first-order valence-corrected chi connectivity index (χ1v) is 5.65. The minimum atomic E-state index is -0.711. The van der Waals surface area contributed by atoms with E-state index in [9.17, 15) is 9.90 Å². The van der Waals surface area contributed by atoms with Crippen molar-refractivity contribution in [2.75, 3.05) is 0 Å². The van der Waals surface area contributed by atoms with Crippen molar-refractivity contribution in [3.05, 3.63) is 48.6 Å². The van der Waals surface area contributed by atoms with Gasteiger partial charge in [-0.2, -0.15) is 0 Å². The fraction of sp³-hybridized carbons (Fsp3) is 0.357. The summed E-state index contributed by atoms with van der Waals surface area (Å²) in [4.78, 5) is 10.8. The molecule has 1 aromatic carbocycles. The molecule has 0 aliphatic carbocycles. The van der Waals surface area contributed by atoms with Crippen LogP contribution in [-0.2, 0) is 16.0 Å². The Labute approximate surface area is 102 Å². The first kappa shape index (κ1) is 13.5. The second-order valence-electron chi connectivity index (χ2n) is 3.90. The molecule has 0 spiro atoms. The van der Waals surface area contributed by atoms with Gasteiger partial charge >= 0.3 is 5.97 Å². The summed E-state index contributed by atoms with van der Waals surface area (Å²) in [5.41, 5.74) is 1.15. The highest BCUT2D eigenvalue weighted by Gasteiger charge is 2.18. The molecule has 17 heavy (non-hydrogen) atoms. The highest BCUT2D eigenvalue weighted by atomic mass is 16.6. The largest absolute Gasteiger partial charge is 0.456 e. The third-order valence-corrected chi connectivity index (χ3v) is 2.49. The van der Waals surface area contributed by atoms with Gasteiger partial charge < -0.3 is 9.84 Å². The number of hydrogen-bond acceptors (Lipinski definition) is 3. The molecule has 2 atom stereocenters. The summed E-state index contributed by atoms with van der Waals surface area (Å²) in [5.74, 6) is -0.409. The van der Waals surface area contributed by atoms with Crippen molar-refractivity contribution in [1.82, 2.24) is 0 Å². The van der Waals surface area contributed by atoms with Crippen LogP contribution in [-0.4, -0.2) is 23.3 Å². The Kier molecular flexibility index (Phi) is 5.43. The number of aryl methyl sites for hydroxylation is 1. The Balaban J connectivity index is 2.45. The second kappa shape index (κ2) is 6.86. The molecule has 0 fully saturated rings. The number of aliphatic hydroxyl groups excluding tert-OH is 1. The second-order valence-corrected chi connectivity index (χ2v) is 3.90. The van der Waals surface area contributed by atoms with E-state index in [1.807, 2.05) is 30.3 Å². The van der Waals surface area contributed by atoms with E-state index < -0.39 is 18.2 Å². The lowest BCUT2D eigenvalue weighted by Crippen LogP contribution is -2.29. The molecule has 0 saturated carbocycles. The summed E-state index contributed by atoms with van der Waals surface area (Å²) < 4.78 is 4.94. The molecule has 0 aliphatic rings. The number of hydrogen-bond donors (Lipinski definition) is 1. The van der Waals surface area contributed by atoms with Crippen LogP contribution in [0.2, 0.25) is 0 Å². The van der Waals surface area contributed by atoms with Crippen molar-refractivity contribution in [1.29, 1.82) is 0 Å². The maximum Gasteiger partial charge on any atom is 0.303 e. The standard InChI is InChI=1S/C14H18O3/c1-3-14(17-11(2)15)13(16)10-9-12-7-5-4-6-8-12/h3-8,13-14,16H,1,9-10H2,2H3. The van der Waals surface area contributed by atoms with Crippen molar-refractivity contribution >= 4 is 5.97 Å². The van der Waals surface area contributed by atoms with Gasteiger partial charge in [0.25, 0.3) is 0 Å². The molecule has 0 aromatic heterocycles. The average molecular weight is 234 g/mol. The summed E-state index contributed by atoms with van der Waals surface area (Å²) in [6, 6.07) is 9.87. The molecule has 1 aromatic rings. The molecule has 3 heteroatoms. The first-order chi connectivity index (χ1) is 8.13. The lowest BCUT2D eigenvalue weighted by Gasteiger charge is -2.19. The topological polar surface area (TPSA) is 46.5 Å². The molecular formula is C14H18O3. The highest BCUT2D eigenvalue weighted by molar-refractivity contribution is 5.66. The van der Waals surface area contributed by atoms with E-state index in [4.69, 9.17) is 4.74 Å². The van der Waals surface area contributed by atoms with Crippen LogP contribution < -0.4 is 0 Å². The summed E-state index contributed by atoms with van der Waals surface area (Å²) >= 11 is 0. The maximum atomic E-state index is 10.8. The minimum Gasteiger partial charge on any atom is -0.456 e. The number of aliphatic hydroxyl groups is 1. The SMILES string of the molecule is C=CC(OC(C)=O)C(O)CCc1ccccc1. The Hall–Kier alpha value is -1.61. The van der Waals surface area contributed by atoms with Gasteiger partial charge in [0.05, 0.1) is 6.10 Å². The van der Waals surface area contributed by atoms with Crippen LogP contribution in [0.4, 0.5) is 0 Å². The van der Waals surface area contributed by atoms with E-state index in [2.05, 4.69) is 6.58 Å². The van der Waals surface area contributed by atoms with Gasteiger partial charge in [0.15, 0.2) is 0 Å². The summed E-state index contributed by atoms with van der Waals surface area (Å²) in [7, 11) is 0. The van der Waals surface area contributed by atoms with E-state index in [0.717, 1.165) is 12.0 Å². The van der Waals surface area contributed by atoms with Crippen LogP contribution in [0.25, 0.3) is 0 Å². The quantitative estimate of drug-likeness (QED) is 0.605. The Bertz CT molecular complexity index is 359. The third-order valence-electron chi connectivity index (χ3n) is 2.49. The smallest absolute Gasteiger partial charge is 0.303 e. The average Bonchev–Trinajstić information content (AvgIpc) is 2.34. The van der Waals surface area contributed by atoms with Gasteiger partial charge in [-0.15, -0.1) is 0 Å². The van der Waals surface area contributed by atoms with Gasteiger partial charge in [-0.1, -0.05) is 36.9 Å². The zero-order valence-electron chi connectivity index (χ0n) is 10.0. The molecule has 0 aliphatic heterocycles. The predicted octanol–water partition coefficient (Wildman–Crippen LogP) is 2.10. The van der Waals surface area contributed by atoms with Gasteiger partial charge in [0.2, 0.25) is 0 Å². The van der Waals surface area contributed by atoms with Crippen molar-refractivity contribution in [2.45, 2.75) is 32.0 Å². The maximum absolute atomic E-state index is 10.8. The normalized spacial score (nSPS) is 13.8. The van der Waals surface area contributed by atoms with Gasteiger partial charge in [-0.3, -0.25) is 4.79 Å². The van der Waals surface area contributed by atoms with Gasteiger partial charge in [0, 0.05) is 6.92 Å². The molecule has 0 amide bonds. The lowest BCUT2D eigenvalue weighted by molar-refractivity contribution is -0.148. The monoisotopic (exact) mass is 234 g/mol. The molecule has 0 radical (unpaired) electrons. The molecule has 3 nitrogen and oxygen atoms in total. The van der Waals surface area contributed by atoms with Crippen molar-refractivity contribution in [3.63, 3.8) is 0 Å². The number of esters is 1. The van der Waals surface area contributed by atoms with Crippen molar-refractivity contribution in [2.24, 2.45) is 0 Å². The summed E-state index contributed by atoms with van der Waals surface area (Å²) in [6.45, 7) is 4.87. The zero-order chi connectivity index (χ0) is 12.7. The van der Waals surface area contributed by atoms with Crippen LogP contribution in [0.3, 0.4) is 0 Å². The third kappa shape index (κ3) is 4.83.